The molecule has 2 rings (SSSR count). The van der Waals surface area contributed by atoms with E-state index in [9.17, 15) is 4.79 Å². The van der Waals surface area contributed by atoms with Crippen LogP contribution in [0.15, 0.2) is 29.3 Å². The van der Waals surface area contributed by atoms with Gasteiger partial charge in [-0.2, -0.15) is 0 Å². The summed E-state index contributed by atoms with van der Waals surface area (Å²) in [5.41, 5.74) is 1.18. The number of ether oxygens (including phenoxy) is 1. The Morgan fingerprint density at radius 1 is 1.19 bits per heavy atom. The third kappa shape index (κ3) is 8.75. The van der Waals surface area contributed by atoms with Crippen molar-refractivity contribution in [2.24, 2.45) is 4.99 Å². The Morgan fingerprint density at radius 3 is 2.35 bits per heavy atom. The first-order valence-electron chi connectivity index (χ1n) is 10.8. The summed E-state index contributed by atoms with van der Waals surface area (Å²) in [5.74, 6) is 0.848. The van der Waals surface area contributed by atoms with Crippen LogP contribution >= 0.6 is 35.6 Å². The molecule has 1 unspecified atom stereocenters. The zero-order chi connectivity index (χ0) is 21.9. The number of aliphatic imine (C=N–C) groups is 1. The van der Waals surface area contributed by atoms with E-state index in [-0.39, 0.29) is 35.9 Å². The van der Waals surface area contributed by atoms with Gasteiger partial charge in [0.2, 0.25) is 5.91 Å². The molecule has 31 heavy (non-hydrogen) atoms. The van der Waals surface area contributed by atoms with Crippen molar-refractivity contribution in [2.75, 3.05) is 66.1 Å². The SMILES string of the molecule is CCNC(=NCC(c1ccc(Cl)cc1)N1CCOCC1)N(C)CC(=O)N(CC)CC.I. The van der Waals surface area contributed by atoms with Crippen LogP contribution in [-0.2, 0) is 9.53 Å². The number of halogens is 2. The third-order valence-corrected chi connectivity index (χ3v) is 5.59. The number of morpholine rings is 1. The summed E-state index contributed by atoms with van der Waals surface area (Å²) >= 11 is 6.10. The molecule has 1 fully saturated rings. The van der Waals surface area contributed by atoms with Crippen molar-refractivity contribution < 1.29 is 9.53 Å². The van der Waals surface area contributed by atoms with Crippen LogP contribution in [0.3, 0.4) is 0 Å². The molecule has 7 nitrogen and oxygen atoms in total. The smallest absolute Gasteiger partial charge is 0.242 e. The van der Waals surface area contributed by atoms with Crippen molar-refractivity contribution in [3.05, 3.63) is 34.9 Å². The van der Waals surface area contributed by atoms with Crippen molar-refractivity contribution in [1.29, 1.82) is 0 Å². The minimum Gasteiger partial charge on any atom is -0.379 e. The van der Waals surface area contributed by atoms with Gasteiger partial charge in [0.05, 0.1) is 32.3 Å². The zero-order valence-electron chi connectivity index (χ0n) is 19.1. The van der Waals surface area contributed by atoms with Gasteiger partial charge in [0.25, 0.3) is 0 Å². The van der Waals surface area contributed by atoms with E-state index >= 15 is 0 Å². The number of hydrogen-bond acceptors (Lipinski definition) is 4. The summed E-state index contributed by atoms with van der Waals surface area (Å²) in [6, 6.07) is 8.12. The highest BCUT2D eigenvalue weighted by Gasteiger charge is 2.23. The largest absolute Gasteiger partial charge is 0.379 e. The Hall–Kier alpha value is -1.10. The molecular formula is C22H37ClIN5O2. The van der Waals surface area contributed by atoms with Crippen molar-refractivity contribution in [2.45, 2.75) is 26.8 Å². The minimum absolute atomic E-state index is 0. The maximum absolute atomic E-state index is 12.5. The first-order valence-corrected chi connectivity index (χ1v) is 11.2. The van der Waals surface area contributed by atoms with Crippen LogP contribution in [0, 0.1) is 0 Å². The van der Waals surface area contributed by atoms with Gasteiger partial charge in [0, 0.05) is 44.8 Å². The minimum atomic E-state index is 0. The predicted octanol–water partition coefficient (Wildman–Crippen LogP) is 3.10. The summed E-state index contributed by atoms with van der Waals surface area (Å²) in [4.78, 5) is 23.6. The second kappa shape index (κ2) is 14.9. The van der Waals surface area contributed by atoms with Gasteiger partial charge in [-0.15, -0.1) is 24.0 Å². The summed E-state index contributed by atoms with van der Waals surface area (Å²) in [6.45, 7) is 12.3. The summed E-state index contributed by atoms with van der Waals surface area (Å²) in [7, 11) is 1.91. The highest BCUT2D eigenvalue weighted by molar-refractivity contribution is 14.0. The van der Waals surface area contributed by atoms with Crippen molar-refractivity contribution in [3.63, 3.8) is 0 Å². The van der Waals surface area contributed by atoms with Gasteiger partial charge in [-0.05, 0) is 38.5 Å². The van der Waals surface area contributed by atoms with Crippen LogP contribution in [0.5, 0.6) is 0 Å². The number of likely N-dealkylation sites (N-methyl/N-ethyl adjacent to an activating group) is 2. The monoisotopic (exact) mass is 565 g/mol. The molecule has 1 amide bonds. The number of nitrogens with one attached hydrogen (secondary N) is 1. The first kappa shape index (κ1) is 27.9. The molecule has 0 aliphatic carbocycles. The Labute approximate surface area is 209 Å². The van der Waals surface area contributed by atoms with Crippen molar-refractivity contribution in [1.82, 2.24) is 20.0 Å². The highest BCUT2D eigenvalue weighted by Crippen LogP contribution is 2.24. The van der Waals surface area contributed by atoms with E-state index in [0.29, 0.717) is 26.2 Å². The molecule has 0 bridgehead atoms. The predicted molar refractivity (Wildman–Crippen MR) is 139 cm³/mol. The van der Waals surface area contributed by atoms with E-state index in [0.717, 1.165) is 43.8 Å². The molecule has 176 valence electrons. The molecule has 1 aliphatic heterocycles. The Bertz CT molecular complexity index is 679. The lowest BCUT2D eigenvalue weighted by Gasteiger charge is -2.34. The molecule has 1 atom stereocenters. The van der Waals surface area contributed by atoms with Crippen LogP contribution in [0.2, 0.25) is 5.02 Å². The average molecular weight is 566 g/mol. The van der Waals surface area contributed by atoms with E-state index in [1.165, 1.54) is 5.56 Å². The third-order valence-electron chi connectivity index (χ3n) is 5.34. The Balaban J connectivity index is 0.00000480. The molecule has 0 saturated carbocycles. The number of hydrogen-bond donors (Lipinski definition) is 1. The fourth-order valence-electron chi connectivity index (χ4n) is 3.60. The maximum atomic E-state index is 12.5. The van der Waals surface area contributed by atoms with Crippen LogP contribution in [0.1, 0.15) is 32.4 Å². The first-order chi connectivity index (χ1) is 14.5. The van der Waals surface area contributed by atoms with Gasteiger partial charge in [-0.1, -0.05) is 23.7 Å². The van der Waals surface area contributed by atoms with Crippen LogP contribution in [0.4, 0.5) is 0 Å². The van der Waals surface area contributed by atoms with Crippen LogP contribution in [-0.4, -0.2) is 92.6 Å². The lowest BCUT2D eigenvalue weighted by Crippen LogP contribution is -2.46. The zero-order valence-corrected chi connectivity index (χ0v) is 22.2. The average Bonchev–Trinajstić information content (AvgIpc) is 2.75. The van der Waals surface area contributed by atoms with Gasteiger partial charge < -0.3 is 19.9 Å². The molecule has 0 aromatic heterocycles. The normalized spacial score (nSPS) is 15.7. The Kier molecular flexibility index (Phi) is 13.4. The Morgan fingerprint density at radius 2 is 1.81 bits per heavy atom. The molecule has 1 aliphatic rings. The highest BCUT2D eigenvalue weighted by atomic mass is 127. The lowest BCUT2D eigenvalue weighted by molar-refractivity contribution is -0.131. The second-order valence-corrected chi connectivity index (χ2v) is 7.77. The molecule has 1 heterocycles. The maximum Gasteiger partial charge on any atom is 0.242 e. The van der Waals surface area contributed by atoms with Gasteiger partial charge >= 0.3 is 0 Å². The number of guanidine groups is 1. The summed E-state index contributed by atoms with van der Waals surface area (Å²) in [6.07, 6.45) is 0. The van der Waals surface area contributed by atoms with Crippen molar-refractivity contribution in [3.8, 4) is 0 Å². The van der Waals surface area contributed by atoms with Gasteiger partial charge in [-0.3, -0.25) is 14.7 Å². The fourth-order valence-corrected chi connectivity index (χ4v) is 3.73. The number of carbonyl (C=O) groups excluding carboxylic acids is 1. The van der Waals surface area contributed by atoms with E-state index < -0.39 is 0 Å². The molecule has 1 aromatic carbocycles. The van der Waals surface area contributed by atoms with Crippen LogP contribution in [0.25, 0.3) is 0 Å². The number of nitrogens with zero attached hydrogens (tertiary/aromatic N) is 4. The molecule has 0 radical (unpaired) electrons. The van der Waals surface area contributed by atoms with E-state index in [2.05, 4.69) is 22.3 Å². The lowest BCUT2D eigenvalue weighted by atomic mass is 10.0. The van der Waals surface area contributed by atoms with Gasteiger partial charge in [0.15, 0.2) is 5.96 Å². The molecule has 1 saturated heterocycles. The standard InChI is InChI=1S/C22H36ClN5O2.HI/c1-5-24-22(26(4)17-21(29)27(6-2)7-3)25-16-20(28-12-14-30-15-13-28)18-8-10-19(23)11-9-18;/h8-11,20H,5-7,12-17H2,1-4H3,(H,24,25);1H. The number of carbonyl (C=O) groups is 1. The number of amides is 1. The molecule has 0 spiro atoms. The number of rotatable bonds is 9. The molecular weight excluding hydrogens is 529 g/mol. The van der Waals surface area contributed by atoms with Crippen LogP contribution < -0.4 is 5.32 Å². The second-order valence-electron chi connectivity index (χ2n) is 7.33. The molecule has 1 aromatic rings. The van der Waals surface area contributed by atoms with Gasteiger partial charge in [0.1, 0.15) is 0 Å². The topological polar surface area (TPSA) is 60.4 Å². The molecule has 1 N–H and O–H groups in total. The van der Waals surface area contributed by atoms with Crippen molar-refractivity contribution >= 4 is 47.4 Å². The summed E-state index contributed by atoms with van der Waals surface area (Å²) in [5, 5.41) is 4.05. The molecule has 9 heteroatoms. The van der Waals surface area contributed by atoms with E-state index in [1.54, 1.807) is 0 Å². The fraction of sp³-hybridized carbons (Fsp3) is 0.636. The quantitative estimate of drug-likeness (QED) is 0.283. The summed E-state index contributed by atoms with van der Waals surface area (Å²) < 4.78 is 5.53. The van der Waals surface area contributed by atoms with Gasteiger partial charge in [-0.25, -0.2) is 0 Å². The number of benzene rings is 1. The van der Waals surface area contributed by atoms with E-state index in [1.807, 2.05) is 49.8 Å². The van der Waals surface area contributed by atoms with E-state index in [4.69, 9.17) is 21.3 Å².